The molecule has 0 saturated carbocycles. The average molecular weight is 409 g/mol. The normalized spacial score (nSPS) is 17.6. The number of nitrogens with two attached hydrogens (primary N) is 1. The van der Waals surface area contributed by atoms with Crippen molar-refractivity contribution in [3.05, 3.63) is 66.0 Å². The number of phenolic OH excluding ortho intramolecular Hbond substituents is 1. The number of aromatic hydroxyl groups is 1. The lowest BCUT2D eigenvalue weighted by Gasteiger charge is -2.26. The standard InChI is InChI=1S/C22H21F2N5O/c1-3-12-5-6-15(10-17(12)18(24)4-2)29-22-19(21(25)26-11-27-22)20(28-29)13-7-14(23)9-16(30)8-13/h3-4,7-9,11,15,30H,1,5-6,10H2,2H3,(H2,25,26,27)/b18-4+. The van der Waals surface area contributed by atoms with E-state index < -0.39 is 5.82 Å². The zero-order chi connectivity index (χ0) is 21.4. The van der Waals surface area contributed by atoms with Crippen molar-refractivity contribution in [2.45, 2.75) is 32.2 Å². The van der Waals surface area contributed by atoms with E-state index in [1.807, 2.05) is 0 Å². The van der Waals surface area contributed by atoms with Gasteiger partial charge < -0.3 is 10.8 Å². The molecule has 0 spiro atoms. The Morgan fingerprint density at radius 2 is 2.13 bits per heavy atom. The largest absolute Gasteiger partial charge is 0.508 e. The summed E-state index contributed by atoms with van der Waals surface area (Å²) in [5, 5.41) is 15.0. The third kappa shape index (κ3) is 3.34. The first-order valence-electron chi connectivity index (χ1n) is 9.58. The Kier molecular flexibility index (Phi) is 5.07. The van der Waals surface area contributed by atoms with Crippen molar-refractivity contribution < 1.29 is 13.9 Å². The smallest absolute Gasteiger partial charge is 0.164 e. The highest BCUT2D eigenvalue weighted by Crippen LogP contribution is 2.40. The first-order chi connectivity index (χ1) is 14.4. The lowest BCUT2D eigenvalue weighted by Crippen LogP contribution is -2.17. The van der Waals surface area contributed by atoms with Crippen LogP contribution in [0.3, 0.4) is 0 Å². The SMILES string of the molecule is C=CC1=C(/C(F)=C\C)CC(n2nc(-c3cc(O)cc(F)c3)c3c(N)ncnc32)CC1. The second-order valence-electron chi connectivity index (χ2n) is 7.19. The molecule has 3 aromatic rings. The molecule has 0 amide bonds. The van der Waals surface area contributed by atoms with E-state index in [0.717, 1.165) is 11.6 Å². The summed E-state index contributed by atoms with van der Waals surface area (Å²) in [5.74, 6) is -0.910. The Morgan fingerprint density at radius 1 is 1.33 bits per heavy atom. The summed E-state index contributed by atoms with van der Waals surface area (Å²) in [6.07, 6.45) is 6.22. The van der Waals surface area contributed by atoms with Gasteiger partial charge in [-0.15, -0.1) is 0 Å². The minimum absolute atomic E-state index is 0.179. The molecule has 1 aliphatic rings. The van der Waals surface area contributed by atoms with Crippen LogP contribution < -0.4 is 5.73 Å². The van der Waals surface area contributed by atoms with Crippen LogP contribution in [0.1, 0.15) is 32.2 Å². The highest BCUT2D eigenvalue weighted by Gasteiger charge is 2.28. The van der Waals surface area contributed by atoms with Crippen molar-refractivity contribution in [2.24, 2.45) is 0 Å². The van der Waals surface area contributed by atoms with Crippen LogP contribution in [-0.2, 0) is 0 Å². The van der Waals surface area contributed by atoms with E-state index in [1.54, 1.807) is 17.7 Å². The van der Waals surface area contributed by atoms with Crippen LogP contribution in [0, 0.1) is 5.82 Å². The summed E-state index contributed by atoms with van der Waals surface area (Å²) < 4.78 is 30.1. The number of rotatable bonds is 4. The minimum Gasteiger partial charge on any atom is -0.508 e. The second-order valence-corrected chi connectivity index (χ2v) is 7.19. The molecule has 0 aliphatic heterocycles. The maximum absolute atomic E-state index is 14.5. The van der Waals surface area contributed by atoms with Gasteiger partial charge in [-0.1, -0.05) is 18.7 Å². The number of nitrogen functional groups attached to an aromatic ring is 1. The predicted octanol–water partition coefficient (Wildman–Crippen LogP) is 5.00. The Hall–Kier alpha value is -3.55. The zero-order valence-electron chi connectivity index (χ0n) is 16.4. The lowest BCUT2D eigenvalue weighted by atomic mass is 9.87. The van der Waals surface area contributed by atoms with E-state index in [4.69, 9.17) is 5.73 Å². The maximum Gasteiger partial charge on any atom is 0.164 e. The summed E-state index contributed by atoms with van der Waals surface area (Å²) >= 11 is 0. The molecular weight excluding hydrogens is 388 g/mol. The Balaban J connectivity index is 1.88. The monoisotopic (exact) mass is 409 g/mol. The Labute approximate surface area is 172 Å². The molecule has 4 rings (SSSR count). The second kappa shape index (κ2) is 7.70. The van der Waals surface area contributed by atoms with Crippen LogP contribution in [0.5, 0.6) is 5.75 Å². The number of hydrogen-bond acceptors (Lipinski definition) is 5. The molecule has 0 bridgehead atoms. The molecule has 6 nitrogen and oxygen atoms in total. The van der Waals surface area contributed by atoms with Gasteiger partial charge in [-0.3, -0.25) is 0 Å². The number of nitrogens with zero attached hydrogens (tertiary/aromatic N) is 4. The van der Waals surface area contributed by atoms with E-state index in [2.05, 4.69) is 21.6 Å². The highest BCUT2D eigenvalue weighted by molar-refractivity contribution is 5.98. The molecule has 1 aliphatic carbocycles. The molecule has 154 valence electrons. The Morgan fingerprint density at radius 3 is 2.83 bits per heavy atom. The van der Waals surface area contributed by atoms with E-state index in [9.17, 15) is 13.9 Å². The zero-order valence-corrected chi connectivity index (χ0v) is 16.4. The fourth-order valence-electron chi connectivity index (χ4n) is 3.96. The molecule has 2 heterocycles. The molecule has 2 aromatic heterocycles. The number of benzene rings is 1. The van der Waals surface area contributed by atoms with Crippen LogP contribution in [0.2, 0.25) is 0 Å². The number of allylic oxidation sites excluding steroid dienone is 5. The van der Waals surface area contributed by atoms with E-state index in [1.165, 1.54) is 24.5 Å². The molecule has 8 heteroatoms. The van der Waals surface area contributed by atoms with Crippen LogP contribution in [0.15, 0.2) is 60.2 Å². The summed E-state index contributed by atoms with van der Waals surface area (Å²) in [7, 11) is 0. The number of anilines is 1. The highest BCUT2D eigenvalue weighted by atomic mass is 19.1. The first kappa shape index (κ1) is 19.8. The van der Waals surface area contributed by atoms with Crippen molar-refractivity contribution in [2.75, 3.05) is 5.73 Å². The predicted molar refractivity (Wildman–Crippen MR) is 112 cm³/mol. The third-order valence-electron chi connectivity index (χ3n) is 5.38. The van der Waals surface area contributed by atoms with Gasteiger partial charge in [0.05, 0.1) is 11.4 Å². The number of hydrogen-bond donors (Lipinski definition) is 2. The van der Waals surface area contributed by atoms with Crippen molar-refractivity contribution in [3.8, 4) is 17.0 Å². The summed E-state index contributed by atoms with van der Waals surface area (Å²) in [5.41, 5.74) is 8.78. The molecule has 1 unspecified atom stereocenters. The summed E-state index contributed by atoms with van der Waals surface area (Å²) in [6.45, 7) is 5.45. The summed E-state index contributed by atoms with van der Waals surface area (Å²) in [4.78, 5) is 8.39. The van der Waals surface area contributed by atoms with Crippen molar-refractivity contribution >= 4 is 16.9 Å². The van der Waals surface area contributed by atoms with Crippen LogP contribution in [0.25, 0.3) is 22.3 Å². The molecule has 3 N–H and O–H groups in total. The third-order valence-corrected chi connectivity index (χ3v) is 5.38. The van der Waals surface area contributed by atoms with Gasteiger partial charge in [0.15, 0.2) is 5.65 Å². The van der Waals surface area contributed by atoms with E-state index in [0.29, 0.717) is 47.1 Å². The average Bonchev–Trinajstić information content (AvgIpc) is 3.13. The quantitative estimate of drug-likeness (QED) is 0.633. The van der Waals surface area contributed by atoms with Crippen LogP contribution >= 0.6 is 0 Å². The number of halogens is 2. The molecular formula is C22H21F2N5O. The number of phenols is 1. The van der Waals surface area contributed by atoms with Gasteiger partial charge in [-0.05, 0) is 49.5 Å². The van der Waals surface area contributed by atoms with Gasteiger partial charge in [0.25, 0.3) is 0 Å². The maximum atomic E-state index is 14.5. The molecule has 1 aromatic carbocycles. The van der Waals surface area contributed by atoms with Crippen molar-refractivity contribution in [3.63, 3.8) is 0 Å². The topological polar surface area (TPSA) is 89.8 Å². The van der Waals surface area contributed by atoms with E-state index >= 15 is 0 Å². The molecule has 0 fully saturated rings. The first-order valence-corrected chi connectivity index (χ1v) is 9.58. The van der Waals surface area contributed by atoms with Crippen molar-refractivity contribution in [1.82, 2.24) is 19.7 Å². The molecule has 30 heavy (non-hydrogen) atoms. The number of fused-ring (bicyclic) bond motifs is 1. The van der Waals surface area contributed by atoms with Crippen LogP contribution in [-0.4, -0.2) is 24.9 Å². The van der Waals surface area contributed by atoms with Gasteiger partial charge in [0.2, 0.25) is 0 Å². The summed E-state index contributed by atoms with van der Waals surface area (Å²) in [6, 6.07) is 3.50. The van der Waals surface area contributed by atoms with Gasteiger partial charge >= 0.3 is 0 Å². The van der Waals surface area contributed by atoms with Crippen LogP contribution in [0.4, 0.5) is 14.6 Å². The van der Waals surface area contributed by atoms with Gasteiger partial charge in [0.1, 0.15) is 35.2 Å². The van der Waals surface area contributed by atoms with Gasteiger partial charge in [-0.25, -0.2) is 23.4 Å². The molecule has 0 radical (unpaired) electrons. The van der Waals surface area contributed by atoms with Gasteiger partial charge in [0, 0.05) is 11.6 Å². The van der Waals surface area contributed by atoms with Gasteiger partial charge in [-0.2, -0.15) is 5.10 Å². The van der Waals surface area contributed by atoms with E-state index in [-0.39, 0.29) is 23.4 Å². The minimum atomic E-state index is -0.600. The molecule has 0 saturated heterocycles. The number of aromatic nitrogens is 4. The Bertz CT molecular complexity index is 1190. The fraction of sp³-hybridized carbons (Fsp3) is 0.227. The molecule has 1 atom stereocenters. The van der Waals surface area contributed by atoms with Crippen molar-refractivity contribution in [1.29, 1.82) is 0 Å². The fourth-order valence-corrected chi connectivity index (χ4v) is 3.96. The lowest BCUT2D eigenvalue weighted by molar-refractivity contribution is 0.409.